The number of aryl methyl sites for hydroxylation is 3. The zero-order valence-corrected chi connectivity index (χ0v) is 18.3. The lowest BCUT2D eigenvalue weighted by atomic mass is 9.99. The van der Waals surface area contributed by atoms with Gasteiger partial charge in [-0.3, -0.25) is 9.59 Å². The number of nitrogens with zero attached hydrogens (tertiary/aromatic N) is 2. The maximum absolute atomic E-state index is 12.2. The van der Waals surface area contributed by atoms with Crippen LogP contribution in [0.2, 0.25) is 0 Å². The Labute approximate surface area is 174 Å². The molecule has 3 rings (SSSR count). The van der Waals surface area contributed by atoms with Crippen LogP contribution in [0.15, 0.2) is 17.5 Å². The average molecular weight is 418 g/mol. The predicted molar refractivity (Wildman–Crippen MR) is 118 cm³/mol. The zero-order chi connectivity index (χ0) is 20.1. The number of likely N-dealkylation sites (tertiary alicyclic amines) is 1. The predicted octanol–water partition coefficient (Wildman–Crippen LogP) is 4.42. The van der Waals surface area contributed by atoms with Gasteiger partial charge in [0.05, 0.1) is 17.2 Å². The lowest BCUT2D eigenvalue weighted by Gasteiger charge is -2.26. The maximum atomic E-state index is 12.2. The van der Waals surface area contributed by atoms with E-state index in [1.807, 2.05) is 10.3 Å². The SMILES string of the molecule is Cc1cc(C)c(-c2csc(NC(=O)CSCC(=O)N3CCCCC3)n2)cc1C. The minimum atomic E-state index is -0.117. The van der Waals surface area contributed by atoms with Gasteiger partial charge in [0, 0.05) is 24.0 Å². The second-order valence-corrected chi connectivity index (χ2v) is 9.12. The third-order valence-electron chi connectivity index (χ3n) is 5.03. The average Bonchev–Trinajstić information content (AvgIpc) is 3.13. The number of carbonyl (C=O) groups is 2. The van der Waals surface area contributed by atoms with Gasteiger partial charge in [0.25, 0.3) is 0 Å². The van der Waals surface area contributed by atoms with Gasteiger partial charge in [0.1, 0.15) is 0 Å². The highest BCUT2D eigenvalue weighted by atomic mass is 32.2. The Morgan fingerprint density at radius 2 is 1.79 bits per heavy atom. The van der Waals surface area contributed by atoms with Crippen LogP contribution in [-0.2, 0) is 9.59 Å². The van der Waals surface area contributed by atoms with Crippen LogP contribution in [0.25, 0.3) is 11.3 Å². The summed E-state index contributed by atoms with van der Waals surface area (Å²) in [5.41, 5.74) is 5.66. The van der Waals surface area contributed by atoms with E-state index in [4.69, 9.17) is 0 Å². The topological polar surface area (TPSA) is 62.3 Å². The van der Waals surface area contributed by atoms with Gasteiger partial charge in [0.15, 0.2) is 5.13 Å². The molecule has 7 heteroatoms. The molecular formula is C21H27N3O2S2. The van der Waals surface area contributed by atoms with Gasteiger partial charge < -0.3 is 10.2 Å². The number of amides is 2. The molecule has 2 aromatic rings. The van der Waals surface area contributed by atoms with Crippen molar-refractivity contribution in [1.82, 2.24) is 9.88 Å². The van der Waals surface area contributed by atoms with Gasteiger partial charge in [-0.2, -0.15) is 0 Å². The number of rotatable bonds is 6. The molecule has 1 aliphatic heterocycles. The Hall–Kier alpha value is -1.86. The Morgan fingerprint density at radius 1 is 1.07 bits per heavy atom. The van der Waals surface area contributed by atoms with Crippen molar-refractivity contribution in [1.29, 1.82) is 0 Å². The van der Waals surface area contributed by atoms with Crippen molar-refractivity contribution in [3.05, 3.63) is 34.2 Å². The molecule has 1 aromatic heterocycles. The van der Waals surface area contributed by atoms with Crippen molar-refractivity contribution < 1.29 is 9.59 Å². The quantitative estimate of drug-likeness (QED) is 0.756. The van der Waals surface area contributed by atoms with Crippen molar-refractivity contribution in [3.63, 3.8) is 0 Å². The Morgan fingerprint density at radius 3 is 2.54 bits per heavy atom. The molecule has 1 saturated heterocycles. The molecule has 5 nitrogen and oxygen atoms in total. The van der Waals surface area contributed by atoms with Gasteiger partial charge >= 0.3 is 0 Å². The maximum Gasteiger partial charge on any atom is 0.236 e. The van der Waals surface area contributed by atoms with Crippen LogP contribution in [-0.4, -0.2) is 46.3 Å². The summed E-state index contributed by atoms with van der Waals surface area (Å²) < 4.78 is 0. The summed E-state index contributed by atoms with van der Waals surface area (Å²) in [6, 6.07) is 4.31. The second-order valence-electron chi connectivity index (χ2n) is 7.27. The van der Waals surface area contributed by atoms with Crippen molar-refractivity contribution >= 4 is 40.0 Å². The highest BCUT2D eigenvalue weighted by Crippen LogP contribution is 2.29. The summed E-state index contributed by atoms with van der Waals surface area (Å²) in [5.74, 6) is 0.642. The van der Waals surface area contributed by atoms with E-state index in [1.54, 1.807) is 0 Å². The van der Waals surface area contributed by atoms with Crippen LogP contribution in [0, 0.1) is 20.8 Å². The van der Waals surface area contributed by atoms with Gasteiger partial charge in [-0.05, 0) is 62.8 Å². The van der Waals surface area contributed by atoms with Gasteiger partial charge in [-0.15, -0.1) is 23.1 Å². The van der Waals surface area contributed by atoms with Crippen molar-refractivity contribution in [3.8, 4) is 11.3 Å². The first kappa shape index (κ1) is 20.9. The van der Waals surface area contributed by atoms with E-state index in [1.165, 1.54) is 46.2 Å². The van der Waals surface area contributed by atoms with Crippen LogP contribution in [0.1, 0.15) is 36.0 Å². The lowest BCUT2D eigenvalue weighted by Crippen LogP contribution is -2.37. The summed E-state index contributed by atoms with van der Waals surface area (Å²) in [4.78, 5) is 30.8. The standard InChI is InChI=1S/C21H27N3O2S2/c1-14-9-16(3)17(10-15(14)2)18-11-28-21(22-18)23-19(25)12-27-13-20(26)24-7-5-4-6-8-24/h9-11H,4-8,12-13H2,1-3H3,(H,22,23,25). The number of nitrogens with one attached hydrogen (secondary N) is 1. The van der Waals surface area contributed by atoms with Gasteiger partial charge in [-0.1, -0.05) is 6.07 Å². The molecule has 1 aromatic carbocycles. The van der Waals surface area contributed by atoms with Crippen molar-refractivity contribution in [2.24, 2.45) is 0 Å². The first-order chi connectivity index (χ1) is 13.4. The molecule has 2 heterocycles. The number of thiazole rings is 1. The largest absolute Gasteiger partial charge is 0.342 e. The highest BCUT2D eigenvalue weighted by molar-refractivity contribution is 8.00. The zero-order valence-electron chi connectivity index (χ0n) is 16.7. The molecule has 2 amide bonds. The van der Waals surface area contributed by atoms with Crippen LogP contribution in [0.5, 0.6) is 0 Å². The fourth-order valence-corrected chi connectivity index (χ4v) is 4.76. The minimum Gasteiger partial charge on any atom is -0.342 e. The van der Waals surface area contributed by atoms with Gasteiger partial charge in [0.2, 0.25) is 11.8 Å². The van der Waals surface area contributed by atoms with Crippen LogP contribution in [0.4, 0.5) is 5.13 Å². The highest BCUT2D eigenvalue weighted by Gasteiger charge is 2.17. The van der Waals surface area contributed by atoms with Crippen LogP contribution >= 0.6 is 23.1 Å². The van der Waals surface area contributed by atoms with E-state index in [2.05, 4.69) is 43.2 Å². The van der Waals surface area contributed by atoms with E-state index >= 15 is 0 Å². The molecule has 0 spiro atoms. The molecule has 1 N–H and O–H groups in total. The Kier molecular flexibility index (Phi) is 7.13. The van der Waals surface area contributed by atoms with Gasteiger partial charge in [-0.25, -0.2) is 4.98 Å². The number of carbonyl (C=O) groups excluding carboxylic acids is 2. The van der Waals surface area contributed by atoms with E-state index in [0.717, 1.165) is 37.2 Å². The second kappa shape index (κ2) is 9.56. The number of anilines is 1. The van der Waals surface area contributed by atoms with E-state index < -0.39 is 0 Å². The molecule has 0 unspecified atom stereocenters. The Balaban J connectivity index is 1.50. The summed E-state index contributed by atoms with van der Waals surface area (Å²) >= 11 is 2.79. The summed E-state index contributed by atoms with van der Waals surface area (Å²) in [6.07, 6.45) is 3.38. The molecule has 28 heavy (non-hydrogen) atoms. The minimum absolute atomic E-state index is 0.117. The summed E-state index contributed by atoms with van der Waals surface area (Å²) in [7, 11) is 0. The summed E-state index contributed by atoms with van der Waals surface area (Å²) in [6.45, 7) is 7.98. The molecule has 1 aliphatic rings. The first-order valence-corrected chi connectivity index (χ1v) is 11.7. The van der Waals surface area contributed by atoms with Crippen LogP contribution < -0.4 is 5.32 Å². The molecular weight excluding hydrogens is 390 g/mol. The number of piperidine rings is 1. The molecule has 150 valence electrons. The number of hydrogen-bond donors (Lipinski definition) is 1. The molecule has 0 aliphatic carbocycles. The van der Waals surface area contributed by atoms with E-state index in [-0.39, 0.29) is 17.6 Å². The summed E-state index contributed by atoms with van der Waals surface area (Å²) in [5, 5.41) is 5.42. The smallest absolute Gasteiger partial charge is 0.236 e. The molecule has 0 radical (unpaired) electrons. The molecule has 1 fully saturated rings. The normalized spacial score (nSPS) is 14.2. The fourth-order valence-electron chi connectivity index (χ4n) is 3.31. The molecule has 0 atom stereocenters. The van der Waals surface area contributed by atoms with Crippen molar-refractivity contribution in [2.45, 2.75) is 40.0 Å². The fraction of sp³-hybridized carbons (Fsp3) is 0.476. The Bertz CT molecular complexity index is 857. The third-order valence-corrected chi connectivity index (χ3v) is 6.71. The number of benzene rings is 1. The first-order valence-electron chi connectivity index (χ1n) is 9.63. The van der Waals surface area contributed by atoms with Crippen LogP contribution in [0.3, 0.4) is 0 Å². The number of thioether (sulfide) groups is 1. The number of aromatic nitrogens is 1. The third kappa shape index (κ3) is 5.35. The lowest BCUT2D eigenvalue weighted by molar-refractivity contribution is -0.129. The molecule has 0 saturated carbocycles. The van der Waals surface area contributed by atoms with Crippen molar-refractivity contribution in [2.75, 3.05) is 29.9 Å². The van der Waals surface area contributed by atoms with E-state index in [0.29, 0.717) is 10.9 Å². The monoisotopic (exact) mass is 417 g/mol. The molecule has 0 bridgehead atoms. The number of hydrogen-bond acceptors (Lipinski definition) is 5. The van der Waals surface area contributed by atoms with E-state index in [9.17, 15) is 9.59 Å².